The average molecular weight is 309 g/mol. The second-order valence-corrected chi connectivity index (χ2v) is 4.77. The van der Waals surface area contributed by atoms with Crippen molar-refractivity contribution in [3.63, 3.8) is 0 Å². The number of hydrogen-bond donors (Lipinski definition) is 2. The standard InChI is InChI=1S/C13H13BrN2O2/c14-10-6-9(7-11(15)8-10)13(17)16-4-3-12-2-1-5-18-12/h1-2,5-8H,3-4,15H2,(H,16,17). The van der Waals surface area contributed by atoms with Crippen molar-refractivity contribution in [1.29, 1.82) is 0 Å². The van der Waals surface area contributed by atoms with E-state index in [1.807, 2.05) is 12.1 Å². The van der Waals surface area contributed by atoms with Crippen LogP contribution in [0.15, 0.2) is 45.5 Å². The highest BCUT2D eigenvalue weighted by Crippen LogP contribution is 2.17. The van der Waals surface area contributed by atoms with Gasteiger partial charge in [-0.25, -0.2) is 0 Å². The zero-order valence-corrected chi connectivity index (χ0v) is 11.2. The molecule has 1 aromatic heterocycles. The molecule has 2 rings (SSSR count). The molecule has 0 aliphatic heterocycles. The van der Waals surface area contributed by atoms with E-state index < -0.39 is 0 Å². The zero-order valence-electron chi connectivity index (χ0n) is 9.65. The lowest BCUT2D eigenvalue weighted by atomic mass is 10.2. The molecule has 0 bridgehead atoms. The Bertz CT molecular complexity index is 518. The Labute approximate surface area is 113 Å². The molecule has 3 N–H and O–H groups in total. The molecule has 4 nitrogen and oxygen atoms in total. The summed E-state index contributed by atoms with van der Waals surface area (Å²) in [5.41, 5.74) is 6.78. The fourth-order valence-corrected chi connectivity index (χ4v) is 2.11. The van der Waals surface area contributed by atoms with Crippen LogP contribution in [0.5, 0.6) is 0 Å². The van der Waals surface area contributed by atoms with Gasteiger partial charge in [0.15, 0.2) is 0 Å². The zero-order chi connectivity index (χ0) is 13.0. The summed E-state index contributed by atoms with van der Waals surface area (Å²) in [6.07, 6.45) is 2.29. The highest BCUT2D eigenvalue weighted by Gasteiger charge is 2.07. The summed E-state index contributed by atoms with van der Waals surface area (Å²) in [7, 11) is 0. The number of carbonyl (C=O) groups excluding carboxylic acids is 1. The van der Waals surface area contributed by atoms with E-state index >= 15 is 0 Å². The van der Waals surface area contributed by atoms with E-state index in [0.717, 1.165) is 10.2 Å². The molecule has 0 saturated heterocycles. The fraction of sp³-hybridized carbons (Fsp3) is 0.154. The van der Waals surface area contributed by atoms with Crippen LogP contribution in [0.1, 0.15) is 16.1 Å². The van der Waals surface area contributed by atoms with E-state index in [9.17, 15) is 4.79 Å². The monoisotopic (exact) mass is 308 g/mol. The maximum absolute atomic E-state index is 11.9. The minimum Gasteiger partial charge on any atom is -0.469 e. The smallest absolute Gasteiger partial charge is 0.251 e. The molecular weight excluding hydrogens is 296 g/mol. The lowest BCUT2D eigenvalue weighted by molar-refractivity contribution is 0.0953. The van der Waals surface area contributed by atoms with Crippen LogP contribution in [0.3, 0.4) is 0 Å². The van der Waals surface area contributed by atoms with Crippen molar-refractivity contribution >= 4 is 27.5 Å². The Kier molecular flexibility index (Phi) is 4.04. The highest BCUT2D eigenvalue weighted by atomic mass is 79.9. The highest BCUT2D eigenvalue weighted by molar-refractivity contribution is 9.10. The van der Waals surface area contributed by atoms with E-state index in [1.165, 1.54) is 0 Å². The molecule has 0 radical (unpaired) electrons. The van der Waals surface area contributed by atoms with Crippen LogP contribution in [0, 0.1) is 0 Å². The van der Waals surface area contributed by atoms with Gasteiger partial charge in [0.25, 0.3) is 5.91 Å². The van der Waals surface area contributed by atoms with Gasteiger partial charge in [-0.2, -0.15) is 0 Å². The third-order valence-corrected chi connectivity index (χ3v) is 2.88. The number of rotatable bonds is 4. The normalized spacial score (nSPS) is 10.3. The van der Waals surface area contributed by atoms with E-state index in [-0.39, 0.29) is 5.91 Å². The first-order chi connectivity index (χ1) is 8.65. The molecule has 0 atom stereocenters. The third kappa shape index (κ3) is 3.37. The van der Waals surface area contributed by atoms with Gasteiger partial charge in [0, 0.05) is 28.7 Å². The minimum atomic E-state index is -0.144. The van der Waals surface area contributed by atoms with Crippen molar-refractivity contribution in [2.75, 3.05) is 12.3 Å². The Morgan fingerprint density at radius 3 is 2.89 bits per heavy atom. The first-order valence-electron chi connectivity index (χ1n) is 5.52. The molecule has 94 valence electrons. The Hall–Kier alpha value is -1.75. The van der Waals surface area contributed by atoms with Gasteiger partial charge in [0.1, 0.15) is 5.76 Å². The molecule has 18 heavy (non-hydrogen) atoms. The fourth-order valence-electron chi connectivity index (χ4n) is 1.60. The SMILES string of the molecule is Nc1cc(Br)cc(C(=O)NCCc2ccco2)c1. The van der Waals surface area contributed by atoms with Crippen molar-refractivity contribution < 1.29 is 9.21 Å². The van der Waals surface area contributed by atoms with Crippen LogP contribution in [0.4, 0.5) is 5.69 Å². The Morgan fingerprint density at radius 2 is 2.22 bits per heavy atom. The number of amides is 1. The Morgan fingerprint density at radius 1 is 1.39 bits per heavy atom. The number of carbonyl (C=O) groups is 1. The number of anilines is 1. The number of nitrogens with one attached hydrogen (secondary N) is 1. The minimum absolute atomic E-state index is 0.144. The number of nitrogen functional groups attached to an aromatic ring is 1. The van der Waals surface area contributed by atoms with E-state index in [4.69, 9.17) is 10.2 Å². The second kappa shape index (κ2) is 5.73. The van der Waals surface area contributed by atoms with Gasteiger partial charge in [-0.3, -0.25) is 4.79 Å². The van der Waals surface area contributed by atoms with Crippen LogP contribution >= 0.6 is 15.9 Å². The molecule has 0 unspecified atom stereocenters. The van der Waals surface area contributed by atoms with Gasteiger partial charge in [-0.15, -0.1) is 0 Å². The lowest BCUT2D eigenvalue weighted by Gasteiger charge is -2.05. The molecule has 0 aliphatic rings. The lowest BCUT2D eigenvalue weighted by Crippen LogP contribution is -2.25. The third-order valence-electron chi connectivity index (χ3n) is 2.42. The van der Waals surface area contributed by atoms with Crippen molar-refractivity contribution in [3.8, 4) is 0 Å². The number of benzene rings is 1. The molecule has 1 heterocycles. The van der Waals surface area contributed by atoms with E-state index in [0.29, 0.717) is 24.2 Å². The molecule has 0 saturated carbocycles. The van der Waals surface area contributed by atoms with Crippen molar-refractivity contribution in [3.05, 3.63) is 52.4 Å². The van der Waals surface area contributed by atoms with Gasteiger partial charge < -0.3 is 15.5 Å². The van der Waals surface area contributed by atoms with Gasteiger partial charge >= 0.3 is 0 Å². The summed E-state index contributed by atoms with van der Waals surface area (Å²) in [6, 6.07) is 8.83. The summed E-state index contributed by atoms with van der Waals surface area (Å²) in [5.74, 6) is 0.707. The summed E-state index contributed by atoms with van der Waals surface area (Å²) in [5, 5.41) is 2.82. The maximum Gasteiger partial charge on any atom is 0.251 e. The van der Waals surface area contributed by atoms with Crippen LogP contribution < -0.4 is 11.1 Å². The largest absolute Gasteiger partial charge is 0.469 e. The summed E-state index contributed by atoms with van der Waals surface area (Å²) in [4.78, 5) is 11.9. The molecule has 0 aliphatic carbocycles. The summed E-state index contributed by atoms with van der Waals surface area (Å²) < 4.78 is 5.97. The molecule has 1 aromatic carbocycles. The first-order valence-corrected chi connectivity index (χ1v) is 6.31. The van der Waals surface area contributed by atoms with E-state index in [1.54, 1.807) is 24.5 Å². The van der Waals surface area contributed by atoms with E-state index in [2.05, 4.69) is 21.2 Å². The van der Waals surface area contributed by atoms with Gasteiger partial charge in [0.05, 0.1) is 6.26 Å². The van der Waals surface area contributed by atoms with Gasteiger partial charge in [-0.1, -0.05) is 15.9 Å². The number of halogens is 1. The topological polar surface area (TPSA) is 68.3 Å². The summed E-state index contributed by atoms with van der Waals surface area (Å²) in [6.45, 7) is 0.527. The van der Waals surface area contributed by atoms with Crippen LogP contribution in [-0.2, 0) is 6.42 Å². The number of furan rings is 1. The molecule has 5 heteroatoms. The van der Waals surface area contributed by atoms with Crippen molar-refractivity contribution in [2.45, 2.75) is 6.42 Å². The Balaban J connectivity index is 1.91. The first kappa shape index (κ1) is 12.7. The molecule has 2 aromatic rings. The van der Waals surface area contributed by atoms with Gasteiger partial charge in [0.2, 0.25) is 0 Å². The second-order valence-electron chi connectivity index (χ2n) is 3.86. The van der Waals surface area contributed by atoms with Crippen LogP contribution in [0.25, 0.3) is 0 Å². The quantitative estimate of drug-likeness (QED) is 0.853. The molecule has 0 spiro atoms. The molecule has 0 fully saturated rings. The number of nitrogens with two attached hydrogens (primary N) is 1. The number of hydrogen-bond acceptors (Lipinski definition) is 3. The van der Waals surface area contributed by atoms with Crippen LogP contribution in [-0.4, -0.2) is 12.5 Å². The maximum atomic E-state index is 11.9. The molecular formula is C13H13BrN2O2. The predicted molar refractivity (Wildman–Crippen MR) is 73.3 cm³/mol. The molecule has 1 amide bonds. The average Bonchev–Trinajstić information content (AvgIpc) is 2.80. The summed E-state index contributed by atoms with van der Waals surface area (Å²) >= 11 is 3.31. The van der Waals surface area contributed by atoms with Crippen molar-refractivity contribution in [2.24, 2.45) is 0 Å². The van der Waals surface area contributed by atoms with Crippen LogP contribution in [0.2, 0.25) is 0 Å². The van der Waals surface area contributed by atoms with Crippen molar-refractivity contribution in [1.82, 2.24) is 5.32 Å². The predicted octanol–water partition coefficient (Wildman–Crippen LogP) is 2.60. The van der Waals surface area contributed by atoms with Gasteiger partial charge in [-0.05, 0) is 30.3 Å².